The van der Waals surface area contributed by atoms with E-state index in [9.17, 15) is 9.59 Å². The molecule has 0 unspecified atom stereocenters. The predicted octanol–water partition coefficient (Wildman–Crippen LogP) is 0.314. The van der Waals surface area contributed by atoms with Gasteiger partial charge in [-0.1, -0.05) is 5.16 Å². The Balaban J connectivity index is 2.60. The van der Waals surface area contributed by atoms with Crippen LogP contribution < -0.4 is 5.32 Å². The van der Waals surface area contributed by atoms with Gasteiger partial charge in [-0.05, 0) is 18.4 Å². The second-order valence-electron chi connectivity index (χ2n) is 3.28. The van der Waals surface area contributed by atoms with Gasteiger partial charge in [-0.25, -0.2) is 4.79 Å². The fourth-order valence-corrected chi connectivity index (χ4v) is 1.58. The van der Waals surface area contributed by atoms with Gasteiger partial charge in [0.05, 0.1) is 0 Å². The summed E-state index contributed by atoms with van der Waals surface area (Å²) in [6.45, 7) is 1.55. The monoisotopic (exact) mass is 259 g/mol. The number of aryl methyl sites for hydroxylation is 1. The Hall–Kier alpha value is -1.57. The minimum absolute atomic E-state index is 0.155. The molecule has 0 aliphatic heterocycles. The normalized spacial score (nSPS) is 12.1. The van der Waals surface area contributed by atoms with Crippen LogP contribution in [0.15, 0.2) is 4.52 Å². The van der Waals surface area contributed by atoms with E-state index in [2.05, 4.69) is 20.0 Å². The number of hydrogen-bond acceptors (Lipinski definition) is 6. The van der Waals surface area contributed by atoms with E-state index in [0.717, 1.165) is 0 Å². The molecule has 7 nitrogen and oxygen atoms in total. The van der Waals surface area contributed by atoms with Crippen LogP contribution in [0.25, 0.3) is 0 Å². The zero-order chi connectivity index (χ0) is 12.8. The molecule has 0 bridgehead atoms. The Bertz CT molecular complexity index is 407. The molecule has 1 rings (SSSR count). The molecule has 17 heavy (non-hydrogen) atoms. The number of amides is 1. The van der Waals surface area contributed by atoms with E-state index in [-0.39, 0.29) is 11.7 Å². The Labute approximate surface area is 102 Å². The van der Waals surface area contributed by atoms with Crippen LogP contribution in [-0.4, -0.2) is 45.2 Å². The molecule has 0 radical (unpaired) electrons. The summed E-state index contributed by atoms with van der Waals surface area (Å²) < 4.78 is 4.64. The average molecular weight is 259 g/mol. The smallest absolute Gasteiger partial charge is 0.326 e. The molecular formula is C9H13N3O4S. The highest BCUT2D eigenvalue weighted by molar-refractivity contribution is 7.98. The number of carboxylic acid groups (broad SMARTS) is 1. The molecule has 1 aromatic rings. The molecular weight excluding hydrogens is 246 g/mol. The molecule has 1 atom stereocenters. The van der Waals surface area contributed by atoms with Crippen molar-refractivity contribution in [2.24, 2.45) is 0 Å². The number of rotatable bonds is 6. The molecule has 0 saturated heterocycles. The summed E-state index contributed by atoms with van der Waals surface area (Å²) in [7, 11) is 0. The molecule has 0 spiro atoms. The molecule has 0 aliphatic carbocycles. The first-order valence-electron chi connectivity index (χ1n) is 4.87. The van der Waals surface area contributed by atoms with Gasteiger partial charge in [0.15, 0.2) is 0 Å². The highest BCUT2D eigenvalue weighted by Gasteiger charge is 2.22. The summed E-state index contributed by atoms with van der Waals surface area (Å²) in [6, 6.07) is -0.936. The Kier molecular flexibility index (Phi) is 4.95. The number of aliphatic carboxylic acids is 1. The van der Waals surface area contributed by atoms with Crippen molar-refractivity contribution in [2.75, 3.05) is 12.0 Å². The van der Waals surface area contributed by atoms with Gasteiger partial charge in [-0.3, -0.25) is 4.79 Å². The molecule has 0 saturated carbocycles. The molecule has 8 heteroatoms. The maximum atomic E-state index is 11.6. The van der Waals surface area contributed by atoms with Crippen LogP contribution in [0.1, 0.15) is 22.9 Å². The summed E-state index contributed by atoms with van der Waals surface area (Å²) in [5, 5.41) is 14.7. The summed E-state index contributed by atoms with van der Waals surface area (Å²) in [5.41, 5.74) is 0. The van der Waals surface area contributed by atoms with Crippen LogP contribution in [-0.2, 0) is 4.79 Å². The van der Waals surface area contributed by atoms with E-state index in [1.807, 2.05) is 6.26 Å². The lowest BCUT2D eigenvalue weighted by Gasteiger charge is -2.11. The third-order valence-electron chi connectivity index (χ3n) is 1.94. The standard InChI is InChI=1S/C9H13N3O4S/c1-5-10-7(12-16-5)8(13)11-6(9(14)15)3-4-17-2/h6H,3-4H2,1-2H3,(H,11,13)(H,14,15)/t6-/m1/s1. The fourth-order valence-electron chi connectivity index (χ4n) is 1.11. The van der Waals surface area contributed by atoms with Crippen molar-refractivity contribution in [3.63, 3.8) is 0 Å². The number of hydrogen-bond donors (Lipinski definition) is 2. The van der Waals surface area contributed by atoms with Gasteiger partial charge in [0.25, 0.3) is 11.7 Å². The Morgan fingerprint density at radius 1 is 1.59 bits per heavy atom. The lowest BCUT2D eigenvalue weighted by Crippen LogP contribution is -2.41. The second kappa shape index (κ2) is 6.24. The quantitative estimate of drug-likeness (QED) is 0.757. The van der Waals surface area contributed by atoms with Crippen molar-refractivity contribution in [1.82, 2.24) is 15.5 Å². The number of carboxylic acids is 1. The van der Waals surface area contributed by atoms with Gasteiger partial charge in [-0.2, -0.15) is 16.7 Å². The topological polar surface area (TPSA) is 105 Å². The van der Waals surface area contributed by atoms with Crippen molar-refractivity contribution in [1.29, 1.82) is 0 Å². The Morgan fingerprint density at radius 2 is 2.29 bits per heavy atom. The SMILES string of the molecule is CSCC[C@@H](NC(=O)c1noc(C)n1)C(=O)O. The van der Waals surface area contributed by atoms with Gasteiger partial charge in [-0.15, -0.1) is 0 Å². The van der Waals surface area contributed by atoms with Crippen molar-refractivity contribution in [3.05, 3.63) is 11.7 Å². The summed E-state index contributed by atoms with van der Waals surface area (Å²) in [5.74, 6) is -0.977. The molecule has 1 heterocycles. The molecule has 1 amide bonds. The molecule has 2 N–H and O–H groups in total. The number of nitrogens with zero attached hydrogens (tertiary/aromatic N) is 2. The molecule has 94 valence electrons. The first-order chi connectivity index (χ1) is 8.04. The van der Waals surface area contributed by atoms with Crippen LogP contribution in [0.5, 0.6) is 0 Å². The summed E-state index contributed by atoms with van der Waals surface area (Å²) in [4.78, 5) is 26.2. The minimum Gasteiger partial charge on any atom is -0.480 e. The molecule has 0 aliphatic rings. The van der Waals surface area contributed by atoms with Crippen LogP contribution >= 0.6 is 11.8 Å². The van der Waals surface area contributed by atoms with Crippen LogP contribution in [0.2, 0.25) is 0 Å². The zero-order valence-corrected chi connectivity index (χ0v) is 10.3. The average Bonchev–Trinajstić information content (AvgIpc) is 2.70. The number of aromatic nitrogens is 2. The Morgan fingerprint density at radius 3 is 2.76 bits per heavy atom. The van der Waals surface area contributed by atoms with Crippen molar-refractivity contribution in [2.45, 2.75) is 19.4 Å². The first-order valence-corrected chi connectivity index (χ1v) is 6.27. The van der Waals surface area contributed by atoms with Crippen molar-refractivity contribution >= 4 is 23.6 Å². The number of carbonyl (C=O) groups is 2. The molecule has 0 aromatic carbocycles. The van der Waals surface area contributed by atoms with E-state index in [1.54, 1.807) is 6.92 Å². The van der Waals surface area contributed by atoms with Gasteiger partial charge >= 0.3 is 5.97 Å². The van der Waals surface area contributed by atoms with Crippen LogP contribution in [0, 0.1) is 6.92 Å². The largest absolute Gasteiger partial charge is 0.480 e. The van der Waals surface area contributed by atoms with Crippen molar-refractivity contribution in [3.8, 4) is 0 Å². The third kappa shape index (κ3) is 4.06. The first kappa shape index (κ1) is 13.5. The third-order valence-corrected chi connectivity index (χ3v) is 2.59. The lowest BCUT2D eigenvalue weighted by atomic mass is 10.2. The zero-order valence-electron chi connectivity index (χ0n) is 9.47. The van der Waals surface area contributed by atoms with Crippen molar-refractivity contribution < 1.29 is 19.2 Å². The molecule has 0 fully saturated rings. The number of thioether (sulfide) groups is 1. The summed E-state index contributed by atoms with van der Waals surface area (Å²) >= 11 is 1.51. The van der Waals surface area contributed by atoms with E-state index < -0.39 is 17.9 Å². The van der Waals surface area contributed by atoms with Crippen LogP contribution in [0.3, 0.4) is 0 Å². The highest BCUT2D eigenvalue weighted by atomic mass is 32.2. The number of carbonyl (C=O) groups excluding carboxylic acids is 1. The maximum absolute atomic E-state index is 11.6. The summed E-state index contributed by atoms with van der Waals surface area (Å²) in [6.07, 6.45) is 2.21. The van der Waals surface area contributed by atoms with Crippen LogP contribution in [0.4, 0.5) is 0 Å². The van der Waals surface area contributed by atoms with E-state index in [4.69, 9.17) is 5.11 Å². The van der Waals surface area contributed by atoms with E-state index >= 15 is 0 Å². The van der Waals surface area contributed by atoms with Gasteiger partial charge in [0.2, 0.25) is 5.89 Å². The van der Waals surface area contributed by atoms with E-state index in [1.165, 1.54) is 11.8 Å². The van der Waals surface area contributed by atoms with E-state index in [0.29, 0.717) is 12.2 Å². The van der Waals surface area contributed by atoms with Gasteiger partial charge in [0, 0.05) is 6.92 Å². The van der Waals surface area contributed by atoms with Gasteiger partial charge < -0.3 is 14.9 Å². The minimum atomic E-state index is -1.08. The highest BCUT2D eigenvalue weighted by Crippen LogP contribution is 2.02. The fraction of sp³-hybridized carbons (Fsp3) is 0.556. The van der Waals surface area contributed by atoms with Gasteiger partial charge in [0.1, 0.15) is 6.04 Å². The maximum Gasteiger partial charge on any atom is 0.326 e. The lowest BCUT2D eigenvalue weighted by molar-refractivity contribution is -0.139. The molecule has 1 aromatic heterocycles. The predicted molar refractivity (Wildman–Crippen MR) is 60.9 cm³/mol. The second-order valence-corrected chi connectivity index (χ2v) is 4.27. The number of nitrogens with one attached hydrogen (secondary N) is 1.